The van der Waals surface area contributed by atoms with E-state index in [1.54, 1.807) is 0 Å². The third-order valence-corrected chi connectivity index (χ3v) is 6.89. The monoisotopic (exact) mass is 227 g/mol. The van der Waals surface area contributed by atoms with Gasteiger partial charge in [-0.1, -0.05) is 25.8 Å². The molecule has 2 nitrogen and oxygen atoms in total. The number of rotatable bonds is 6. The van der Waals surface area contributed by atoms with Gasteiger partial charge in [0, 0.05) is 13.2 Å². The molecule has 1 unspecified atom stereocenters. The maximum absolute atomic E-state index is 5.97. The molecule has 0 bridgehead atoms. The molecule has 0 aromatic rings. The van der Waals surface area contributed by atoms with E-state index in [1.165, 1.54) is 38.3 Å². The molecule has 1 aliphatic heterocycles. The molecule has 1 atom stereocenters. The molecule has 15 heavy (non-hydrogen) atoms. The van der Waals surface area contributed by atoms with Gasteiger partial charge in [-0.15, -0.1) is 0 Å². The van der Waals surface area contributed by atoms with Crippen LogP contribution in [0.5, 0.6) is 0 Å². The van der Waals surface area contributed by atoms with Crippen molar-refractivity contribution in [3.05, 3.63) is 12.3 Å². The first kappa shape index (κ1) is 12.8. The first-order chi connectivity index (χ1) is 7.23. The number of hydrogen-bond acceptors (Lipinski definition) is 2. The molecule has 0 amide bonds. The Labute approximate surface area is 95.5 Å². The predicted octanol–water partition coefficient (Wildman–Crippen LogP) is 3.50. The van der Waals surface area contributed by atoms with Crippen molar-refractivity contribution in [2.24, 2.45) is 0 Å². The van der Waals surface area contributed by atoms with Crippen LogP contribution in [0.1, 0.15) is 39.5 Å². The molecule has 0 saturated carbocycles. The Morgan fingerprint density at radius 2 is 2.20 bits per heavy atom. The molecule has 3 heteroatoms. The van der Waals surface area contributed by atoms with Crippen LogP contribution in [-0.2, 0) is 4.43 Å². The van der Waals surface area contributed by atoms with Crippen LogP contribution in [0.15, 0.2) is 12.3 Å². The van der Waals surface area contributed by atoms with Crippen molar-refractivity contribution < 1.29 is 4.43 Å². The summed E-state index contributed by atoms with van der Waals surface area (Å²) in [4.78, 5) is 0. The summed E-state index contributed by atoms with van der Waals surface area (Å²) in [7, 11) is -1.53. The van der Waals surface area contributed by atoms with E-state index in [0.29, 0.717) is 0 Å². The van der Waals surface area contributed by atoms with E-state index >= 15 is 0 Å². The van der Waals surface area contributed by atoms with Crippen LogP contribution in [0.2, 0.25) is 12.6 Å². The molecule has 1 rings (SSSR count). The fourth-order valence-corrected chi connectivity index (χ4v) is 5.26. The van der Waals surface area contributed by atoms with Crippen molar-refractivity contribution >= 4 is 8.48 Å². The van der Waals surface area contributed by atoms with Crippen molar-refractivity contribution in [1.82, 2.24) is 4.57 Å². The second-order valence-electron chi connectivity index (χ2n) is 4.43. The lowest BCUT2D eigenvalue weighted by Crippen LogP contribution is -2.45. The van der Waals surface area contributed by atoms with Crippen LogP contribution in [0.25, 0.3) is 0 Å². The highest BCUT2D eigenvalue weighted by Crippen LogP contribution is 2.27. The molecule has 1 saturated heterocycles. The van der Waals surface area contributed by atoms with Crippen molar-refractivity contribution in [1.29, 1.82) is 0 Å². The topological polar surface area (TPSA) is 12.5 Å². The van der Waals surface area contributed by atoms with Crippen molar-refractivity contribution in [3.63, 3.8) is 0 Å². The van der Waals surface area contributed by atoms with E-state index in [-0.39, 0.29) is 0 Å². The van der Waals surface area contributed by atoms with Crippen LogP contribution in [0.3, 0.4) is 0 Å². The fraction of sp³-hybridized carbons (Fsp3) is 0.833. The summed E-state index contributed by atoms with van der Waals surface area (Å²) < 4.78 is 8.47. The van der Waals surface area contributed by atoms with E-state index in [1.807, 2.05) is 0 Å². The van der Waals surface area contributed by atoms with E-state index in [0.717, 1.165) is 6.61 Å². The summed E-state index contributed by atoms with van der Waals surface area (Å²) in [6.07, 6.45) is 9.72. The Kier molecular flexibility index (Phi) is 5.40. The van der Waals surface area contributed by atoms with Gasteiger partial charge in [-0.25, -0.2) is 0 Å². The maximum atomic E-state index is 5.97. The highest BCUT2D eigenvalue weighted by molar-refractivity contribution is 6.70. The number of unbranched alkanes of at least 4 members (excludes halogenated alkanes) is 2. The molecule has 0 aromatic carbocycles. The van der Waals surface area contributed by atoms with Gasteiger partial charge < -0.3 is 8.99 Å². The minimum Gasteiger partial charge on any atom is -0.399 e. The van der Waals surface area contributed by atoms with Crippen LogP contribution < -0.4 is 0 Å². The summed E-state index contributed by atoms with van der Waals surface area (Å²) in [5.41, 5.74) is 0. The average Bonchev–Trinajstić information content (AvgIpc) is 2.56. The fourth-order valence-electron chi connectivity index (χ4n) is 2.18. The third-order valence-electron chi connectivity index (χ3n) is 3.11. The summed E-state index contributed by atoms with van der Waals surface area (Å²) in [5, 5.41) is 0. The summed E-state index contributed by atoms with van der Waals surface area (Å²) >= 11 is 0. The summed E-state index contributed by atoms with van der Waals surface area (Å²) in [6.45, 7) is 8.75. The van der Waals surface area contributed by atoms with Crippen molar-refractivity contribution in [2.75, 3.05) is 13.2 Å². The third kappa shape index (κ3) is 3.65. The van der Waals surface area contributed by atoms with E-state index < -0.39 is 8.48 Å². The molecule has 1 heterocycles. The second kappa shape index (κ2) is 6.33. The molecule has 0 aliphatic carbocycles. The average molecular weight is 227 g/mol. The first-order valence-electron chi connectivity index (χ1n) is 6.30. The van der Waals surface area contributed by atoms with Crippen molar-refractivity contribution in [3.8, 4) is 0 Å². The van der Waals surface area contributed by atoms with Gasteiger partial charge in [0.05, 0.1) is 0 Å². The number of hydrogen-bond donors (Lipinski definition) is 0. The van der Waals surface area contributed by atoms with Gasteiger partial charge in [-0.05, 0) is 38.6 Å². The zero-order chi connectivity index (χ0) is 11.1. The molecular formula is C12H25NOSi. The molecule has 1 aliphatic rings. The molecule has 0 N–H and O–H groups in total. The lowest BCUT2D eigenvalue weighted by molar-refractivity contribution is 0.293. The van der Waals surface area contributed by atoms with Gasteiger partial charge in [0.2, 0.25) is 0 Å². The van der Waals surface area contributed by atoms with Crippen molar-refractivity contribution in [2.45, 2.75) is 52.1 Å². The summed E-state index contributed by atoms with van der Waals surface area (Å²) in [6, 6.07) is 1.29. The predicted molar refractivity (Wildman–Crippen MR) is 68.0 cm³/mol. The Balaban J connectivity index is 2.42. The molecule has 0 spiro atoms. The largest absolute Gasteiger partial charge is 0.399 e. The standard InChI is InChI=1S/C12H25NOSi/c1-4-6-7-8-10-13-11-9-12-15(13,3)14-5-2/h8,10H,4-7,9,11-12H2,1-3H3. The quantitative estimate of drug-likeness (QED) is 0.508. The Morgan fingerprint density at radius 3 is 2.87 bits per heavy atom. The smallest absolute Gasteiger partial charge is 0.297 e. The maximum Gasteiger partial charge on any atom is 0.297 e. The molecule has 88 valence electrons. The Hall–Kier alpha value is -0.283. The van der Waals surface area contributed by atoms with Crippen LogP contribution in [-0.4, -0.2) is 26.2 Å². The van der Waals surface area contributed by atoms with Gasteiger partial charge >= 0.3 is 0 Å². The van der Waals surface area contributed by atoms with E-state index in [4.69, 9.17) is 4.43 Å². The van der Waals surface area contributed by atoms with Gasteiger partial charge in [0.15, 0.2) is 0 Å². The second-order valence-corrected chi connectivity index (χ2v) is 8.15. The normalized spacial score (nSPS) is 26.7. The molecule has 0 aromatic heterocycles. The lowest BCUT2D eigenvalue weighted by Gasteiger charge is -2.31. The van der Waals surface area contributed by atoms with E-state index in [2.05, 4.69) is 37.2 Å². The zero-order valence-corrected chi connectivity index (χ0v) is 11.5. The van der Waals surface area contributed by atoms with Gasteiger partial charge in [-0.3, -0.25) is 0 Å². The first-order valence-corrected chi connectivity index (χ1v) is 8.86. The molecule has 1 fully saturated rings. The summed E-state index contributed by atoms with van der Waals surface area (Å²) in [5.74, 6) is 0. The van der Waals surface area contributed by atoms with Gasteiger partial charge in [0.25, 0.3) is 8.48 Å². The SMILES string of the molecule is CCCCC=CN1CCC[Si]1(C)OCC. The zero-order valence-electron chi connectivity index (χ0n) is 10.5. The van der Waals surface area contributed by atoms with Gasteiger partial charge in [-0.2, -0.15) is 0 Å². The number of allylic oxidation sites excluding steroid dienone is 1. The minimum atomic E-state index is -1.53. The van der Waals surface area contributed by atoms with Crippen LogP contribution in [0, 0.1) is 0 Å². The van der Waals surface area contributed by atoms with Gasteiger partial charge in [0.1, 0.15) is 0 Å². The highest BCUT2D eigenvalue weighted by atomic mass is 28.4. The minimum absolute atomic E-state index is 0.863. The number of nitrogens with zero attached hydrogens (tertiary/aromatic N) is 1. The van der Waals surface area contributed by atoms with Crippen LogP contribution >= 0.6 is 0 Å². The lowest BCUT2D eigenvalue weighted by atomic mass is 10.2. The molecule has 0 radical (unpaired) electrons. The van der Waals surface area contributed by atoms with E-state index in [9.17, 15) is 0 Å². The Bertz CT molecular complexity index is 208. The Morgan fingerprint density at radius 1 is 1.40 bits per heavy atom. The highest BCUT2D eigenvalue weighted by Gasteiger charge is 2.39. The molecular weight excluding hydrogens is 202 g/mol. The van der Waals surface area contributed by atoms with Crippen LogP contribution in [0.4, 0.5) is 0 Å².